The Bertz CT molecular complexity index is 618. The molecule has 2 aromatic rings. The molecule has 0 saturated carbocycles. The Morgan fingerprint density at radius 1 is 1.05 bits per heavy atom. The van der Waals surface area contributed by atoms with Crippen LogP contribution >= 0.6 is 0 Å². The first kappa shape index (κ1) is 13.9. The van der Waals surface area contributed by atoms with Gasteiger partial charge in [0.2, 0.25) is 0 Å². The Balaban J connectivity index is 1.93. The second kappa shape index (κ2) is 6.57. The van der Waals surface area contributed by atoms with Gasteiger partial charge in [-0.15, -0.1) is 0 Å². The van der Waals surface area contributed by atoms with Crippen molar-refractivity contribution in [1.82, 2.24) is 5.32 Å². The molecule has 3 heteroatoms. The van der Waals surface area contributed by atoms with E-state index >= 15 is 0 Å². The van der Waals surface area contributed by atoms with Crippen molar-refractivity contribution in [2.75, 3.05) is 5.32 Å². The molecule has 0 spiro atoms. The molecule has 0 bridgehead atoms. The smallest absolute Gasteiger partial charge is 0.314 e. The van der Waals surface area contributed by atoms with Crippen molar-refractivity contribution in [3.8, 4) is 0 Å². The summed E-state index contributed by atoms with van der Waals surface area (Å²) in [6, 6.07) is 15.5. The van der Waals surface area contributed by atoms with Gasteiger partial charge in [0.15, 0.2) is 0 Å². The van der Waals surface area contributed by atoms with Crippen LogP contribution < -0.4 is 10.6 Å². The largest absolute Gasteiger partial charge is 0.323 e. The SMILES string of the molecule is Cc1ccc(C)c(NC(=O)N/C=C/c2ccccc2)c1. The van der Waals surface area contributed by atoms with Crippen molar-refractivity contribution in [3.05, 3.63) is 71.4 Å². The lowest BCUT2D eigenvalue weighted by molar-refractivity contribution is 0.255. The average molecular weight is 266 g/mol. The van der Waals surface area contributed by atoms with Gasteiger partial charge in [0.05, 0.1) is 0 Å². The first-order valence-electron chi connectivity index (χ1n) is 6.51. The third-order valence-corrected chi connectivity index (χ3v) is 2.93. The maximum absolute atomic E-state index is 11.8. The van der Waals surface area contributed by atoms with E-state index in [4.69, 9.17) is 0 Å². The number of nitrogens with one attached hydrogen (secondary N) is 2. The Labute approximate surface area is 119 Å². The van der Waals surface area contributed by atoms with Gasteiger partial charge in [-0.1, -0.05) is 42.5 Å². The zero-order valence-corrected chi connectivity index (χ0v) is 11.7. The fourth-order valence-corrected chi connectivity index (χ4v) is 1.81. The summed E-state index contributed by atoms with van der Waals surface area (Å²) in [6.07, 6.45) is 3.48. The van der Waals surface area contributed by atoms with Gasteiger partial charge in [-0.05, 0) is 42.7 Å². The minimum absolute atomic E-state index is 0.245. The molecule has 0 radical (unpaired) electrons. The number of benzene rings is 2. The summed E-state index contributed by atoms with van der Waals surface area (Å²) >= 11 is 0. The minimum Gasteiger partial charge on any atom is -0.314 e. The predicted octanol–water partition coefficient (Wildman–Crippen LogP) is 4.10. The highest BCUT2D eigenvalue weighted by Gasteiger charge is 2.02. The summed E-state index contributed by atoms with van der Waals surface area (Å²) in [5.41, 5.74) is 4.03. The highest BCUT2D eigenvalue weighted by atomic mass is 16.2. The van der Waals surface area contributed by atoms with Gasteiger partial charge in [0, 0.05) is 11.9 Å². The van der Waals surface area contributed by atoms with E-state index in [2.05, 4.69) is 10.6 Å². The number of rotatable bonds is 3. The second-order valence-electron chi connectivity index (χ2n) is 4.66. The van der Waals surface area contributed by atoms with Crippen molar-refractivity contribution in [2.24, 2.45) is 0 Å². The maximum Gasteiger partial charge on any atom is 0.323 e. The van der Waals surface area contributed by atoms with E-state index in [1.54, 1.807) is 6.20 Å². The van der Waals surface area contributed by atoms with E-state index in [0.717, 1.165) is 22.4 Å². The Morgan fingerprint density at radius 2 is 1.80 bits per heavy atom. The van der Waals surface area contributed by atoms with E-state index in [1.165, 1.54) is 0 Å². The number of hydrogen-bond acceptors (Lipinski definition) is 1. The van der Waals surface area contributed by atoms with Crippen LogP contribution in [-0.2, 0) is 0 Å². The van der Waals surface area contributed by atoms with Crippen LogP contribution in [0.25, 0.3) is 6.08 Å². The van der Waals surface area contributed by atoms with Gasteiger partial charge in [0.1, 0.15) is 0 Å². The Morgan fingerprint density at radius 3 is 2.55 bits per heavy atom. The molecule has 0 aromatic heterocycles. The van der Waals surface area contributed by atoms with Crippen molar-refractivity contribution in [3.63, 3.8) is 0 Å². The average Bonchev–Trinajstić information content (AvgIpc) is 2.44. The van der Waals surface area contributed by atoms with Gasteiger partial charge in [0.25, 0.3) is 0 Å². The lowest BCUT2D eigenvalue weighted by Crippen LogP contribution is -2.24. The first-order chi connectivity index (χ1) is 9.65. The monoisotopic (exact) mass is 266 g/mol. The number of carbonyl (C=O) groups is 1. The molecule has 2 rings (SSSR count). The molecule has 20 heavy (non-hydrogen) atoms. The number of carbonyl (C=O) groups excluding carboxylic acids is 1. The topological polar surface area (TPSA) is 41.1 Å². The quantitative estimate of drug-likeness (QED) is 0.863. The minimum atomic E-state index is -0.245. The van der Waals surface area contributed by atoms with E-state index in [0.29, 0.717) is 0 Å². The van der Waals surface area contributed by atoms with Crippen LogP contribution in [0.2, 0.25) is 0 Å². The molecule has 2 aromatic carbocycles. The van der Waals surface area contributed by atoms with Crippen LogP contribution in [0, 0.1) is 13.8 Å². The molecule has 0 aliphatic carbocycles. The van der Waals surface area contributed by atoms with E-state index in [-0.39, 0.29) is 6.03 Å². The molecule has 0 fully saturated rings. The molecule has 0 unspecified atom stereocenters. The van der Waals surface area contributed by atoms with E-state index in [9.17, 15) is 4.79 Å². The van der Waals surface area contributed by atoms with E-state index < -0.39 is 0 Å². The summed E-state index contributed by atoms with van der Waals surface area (Å²) in [4.78, 5) is 11.8. The first-order valence-corrected chi connectivity index (χ1v) is 6.51. The molecule has 0 atom stereocenters. The van der Waals surface area contributed by atoms with Crippen LogP contribution in [0.1, 0.15) is 16.7 Å². The summed E-state index contributed by atoms with van der Waals surface area (Å²) in [6.45, 7) is 3.96. The predicted molar refractivity (Wildman–Crippen MR) is 83.5 cm³/mol. The number of hydrogen-bond donors (Lipinski definition) is 2. The molecule has 0 heterocycles. The number of aryl methyl sites for hydroxylation is 2. The molecule has 102 valence electrons. The maximum atomic E-state index is 11.8. The Kier molecular flexibility index (Phi) is 4.56. The van der Waals surface area contributed by atoms with Crippen molar-refractivity contribution >= 4 is 17.8 Å². The lowest BCUT2D eigenvalue weighted by atomic mass is 10.1. The molecule has 3 nitrogen and oxygen atoms in total. The van der Waals surface area contributed by atoms with Crippen LogP contribution in [-0.4, -0.2) is 6.03 Å². The van der Waals surface area contributed by atoms with Gasteiger partial charge < -0.3 is 10.6 Å². The number of amides is 2. The van der Waals surface area contributed by atoms with Gasteiger partial charge >= 0.3 is 6.03 Å². The summed E-state index contributed by atoms with van der Waals surface area (Å²) in [5.74, 6) is 0. The van der Waals surface area contributed by atoms with Crippen LogP contribution in [0.15, 0.2) is 54.7 Å². The summed E-state index contributed by atoms with van der Waals surface area (Å²) in [5, 5.41) is 5.53. The van der Waals surface area contributed by atoms with Crippen molar-refractivity contribution < 1.29 is 4.79 Å². The third kappa shape index (κ3) is 3.99. The fourth-order valence-electron chi connectivity index (χ4n) is 1.81. The summed E-state index contributed by atoms with van der Waals surface area (Å²) in [7, 11) is 0. The molecular formula is C17H18N2O. The second-order valence-corrected chi connectivity index (χ2v) is 4.66. The van der Waals surface area contributed by atoms with Gasteiger partial charge in [-0.3, -0.25) is 0 Å². The zero-order valence-electron chi connectivity index (χ0n) is 11.7. The van der Waals surface area contributed by atoms with Crippen molar-refractivity contribution in [1.29, 1.82) is 0 Å². The van der Waals surface area contributed by atoms with Gasteiger partial charge in [-0.25, -0.2) is 4.79 Å². The molecule has 2 N–H and O–H groups in total. The summed E-state index contributed by atoms with van der Waals surface area (Å²) < 4.78 is 0. The molecule has 0 aliphatic heterocycles. The van der Waals surface area contributed by atoms with Crippen LogP contribution in [0.4, 0.5) is 10.5 Å². The van der Waals surface area contributed by atoms with E-state index in [1.807, 2.05) is 68.5 Å². The molecule has 0 saturated heterocycles. The fraction of sp³-hybridized carbons (Fsp3) is 0.118. The van der Waals surface area contributed by atoms with Crippen LogP contribution in [0.3, 0.4) is 0 Å². The molecule has 2 amide bonds. The van der Waals surface area contributed by atoms with Crippen LogP contribution in [0.5, 0.6) is 0 Å². The zero-order chi connectivity index (χ0) is 14.4. The molecular weight excluding hydrogens is 248 g/mol. The standard InChI is InChI=1S/C17H18N2O/c1-13-8-9-14(2)16(12-13)19-17(20)18-11-10-15-6-4-3-5-7-15/h3-12H,1-2H3,(H2,18,19,20)/b11-10+. The Hall–Kier alpha value is -2.55. The van der Waals surface area contributed by atoms with Crippen molar-refractivity contribution in [2.45, 2.75) is 13.8 Å². The normalized spacial score (nSPS) is 10.5. The number of urea groups is 1. The molecule has 0 aliphatic rings. The highest BCUT2D eigenvalue weighted by Crippen LogP contribution is 2.15. The lowest BCUT2D eigenvalue weighted by Gasteiger charge is -2.08. The highest BCUT2D eigenvalue weighted by molar-refractivity contribution is 5.91. The third-order valence-electron chi connectivity index (χ3n) is 2.93. The number of anilines is 1. The van der Waals surface area contributed by atoms with Gasteiger partial charge in [-0.2, -0.15) is 0 Å².